The first-order chi connectivity index (χ1) is 14.6. The van der Waals surface area contributed by atoms with Crippen molar-refractivity contribution >= 4 is 12.1 Å². The van der Waals surface area contributed by atoms with Gasteiger partial charge in [-0.3, -0.25) is 0 Å². The van der Waals surface area contributed by atoms with Gasteiger partial charge in [0.25, 0.3) is 0 Å². The quantitative estimate of drug-likeness (QED) is 0.564. The number of rotatable bonds is 8. The standard InChI is InChI=1S/C25H33NO5/c1-7-30-22(23(27)29-6)16-18-11-13-20(14-12-18)21-10-8-9-19(15-21)17-26(5)24(28)31-25(2,3)4/h8-15,22H,7,16-17H2,1-6H3. The van der Waals surface area contributed by atoms with Gasteiger partial charge in [0.15, 0.2) is 6.10 Å². The van der Waals surface area contributed by atoms with Crippen molar-refractivity contribution in [3.63, 3.8) is 0 Å². The fourth-order valence-corrected chi connectivity index (χ4v) is 3.12. The first-order valence-corrected chi connectivity index (χ1v) is 10.4. The molecule has 0 N–H and O–H groups in total. The summed E-state index contributed by atoms with van der Waals surface area (Å²) in [6.45, 7) is 8.31. The summed E-state index contributed by atoms with van der Waals surface area (Å²) in [7, 11) is 3.09. The third-order valence-electron chi connectivity index (χ3n) is 4.59. The molecule has 0 spiro atoms. The lowest BCUT2D eigenvalue weighted by Gasteiger charge is -2.24. The summed E-state index contributed by atoms with van der Waals surface area (Å²) < 4.78 is 15.7. The molecule has 0 aliphatic rings. The molecule has 6 nitrogen and oxygen atoms in total. The van der Waals surface area contributed by atoms with Crippen LogP contribution in [-0.4, -0.2) is 49.4 Å². The van der Waals surface area contributed by atoms with E-state index >= 15 is 0 Å². The number of methoxy groups -OCH3 is 1. The highest BCUT2D eigenvalue weighted by Crippen LogP contribution is 2.23. The van der Waals surface area contributed by atoms with Crippen LogP contribution in [0.25, 0.3) is 11.1 Å². The van der Waals surface area contributed by atoms with Crippen LogP contribution in [0.5, 0.6) is 0 Å². The van der Waals surface area contributed by atoms with Gasteiger partial charge < -0.3 is 19.1 Å². The zero-order valence-corrected chi connectivity index (χ0v) is 19.3. The number of esters is 1. The fourth-order valence-electron chi connectivity index (χ4n) is 3.12. The number of hydrogen-bond donors (Lipinski definition) is 0. The van der Waals surface area contributed by atoms with Gasteiger partial charge in [-0.05, 0) is 56.0 Å². The Hall–Kier alpha value is -2.86. The highest BCUT2D eigenvalue weighted by atomic mass is 16.6. The number of carbonyl (C=O) groups excluding carboxylic acids is 2. The summed E-state index contributed by atoms with van der Waals surface area (Å²) >= 11 is 0. The smallest absolute Gasteiger partial charge is 0.410 e. The van der Waals surface area contributed by atoms with E-state index in [0.717, 1.165) is 22.3 Å². The maximum Gasteiger partial charge on any atom is 0.410 e. The van der Waals surface area contributed by atoms with Crippen molar-refractivity contribution < 1.29 is 23.8 Å². The van der Waals surface area contributed by atoms with E-state index in [1.165, 1.54) is 7.11 Å². The van der Waals surface area contributed by atoms with Gasteiger partial charge >= 0.3 is 12.1 Å². The number of hydrogen-bond acceptors (Lipinski definition) is 5. The minimum absolute atomic E-state index is 0.350. The van der Waals surface area contributed by atoms with Crippen LogP contribution in [0.1, 0.15) is 38.8 Å². The topological polar surface area (TPSA) is 65.1 Å². The molecule has 2 aromatic carbocycles. The molecule has 6 heteroatoms. The number of carbonyl (C=O) groups is 2. The molecule has 0 bridgehead atoms. The number of amides is 1. The predicted octanol–water partition coefficient (Wildman–Crippen LogP) is 4.84. The summed E-state index contributed by atoms with van der Waals surface area (Å²) in [6, 6.07) is 16.1. The van der Waals surface area contributed by atoms with Crippen LogP contribution >= 0.6 is 0 Å². The van der Waals surface area contributed by atoms with Crippen LogP contribution in [0.3, 0.4) is 0 Å². The molecule has 1 unspecified atom stereocenters. The molecule has 31 heavy (non-hydrogen) atoms. The van der Waals surface area contributed by atoms with Crippen molar-refractivity contribution in [2.75, 3.05) is 20.8 Å². The Balaban J connectivity index is 2.08. The van der Waals surface area contributed by atoms with E-state index < -0.39 is 11.7 Å². The average molecular weight is 428 g/mol. The summed E-state index contributed by atoms with van der Waals surface area (Å²) in [5, 5.41) is 0. The Morgan fingerprint density at radius 2 is 1.68 bits per heavy atom. The molecular weight excluding hydrogens is 394 g/mol. The lowest BCUT2D eigenvalue weighted by atomic mass is 10.00. The SMILES string of the molecule is CCOC(Cc1ccc(-c2cccc(CN(C)C(=O)OC(C)(C)C)c2)cc1)C(=O)OC. The monoisotopic (exact) mass is 427 g/mol. The molecule has 0 fully saturated rings. The van der Waals surface area contributed by atoms with Gasteiger partial charge in [0.05, 0.1) is 7.11 Å². The zero-order valence-electron chi connectivity index (χ0n) is 19.3. The highest BCUT2D eigenvalue weighted by Gasteiger charge is 2.21. The minimum atomic E-state index is -0.604. The van der Waals surface area contributed by atoms with Crippen molar-refractivity contribution in [1.29, 1.82) is 0 Å². The molecule has 2 aromatic rings. The zero-order chi connectivity index (χ0) is 23.0. The van der Waals surface area contributed by atoms with Gasteiger partial charge in [-0.15, -0.1) is 0 Å². The van der Waals surface area contributed by atoms with Crippen LogP contribution in [-0.2, 0) is 32.0 Å². The van der Waals surface area contributed by atoms with E-state index in [1.807, 2.05) is 70.2 Å². The Bertz CT molecular complexity index is 870. The van der Waals surface area contributed by atoms with Crippen LogP contribution in [0.15, 0.2) is 48.5 Å². The largest absolute Gasteiger partial charge is 0.467 e. The molecule has 0 saturated carbocycles. The van der Waals surface area contributed by atoms with E-state index in [4.69, 9.17) is 14.2 Å². The van der Waals surface area contributed by atoms with E-state index in [9.17, 15) is 9.59 Å². The maximum absolute atomic E-state index is 12.2. The summed E-state index contributed by atoms with van der Waals surface area (Å²) in [6.07, 6.45) is -0.495. The van der Waals surface area contributed by atoms with Crippen LogP contribution < -0.4 is 0 Å². The van der Waals surface area contributed by atoms with Gasteiger partial charge in [-0.2, -0.15) is 0 Å². The van der Waals surface area contributed by atoms with E-state index in [1.54, 1.807) is 11.9 Å². The number of benzene rings is 2. The molecule has 0 heterocycles. The third-order valence-corrected chi connectivity index (χ3v) is 4.59. The van der Waals surface area contributed by atoms with Crippen molar-refractivity contribution in [3.8, 4) is 11.1 Å². The van der Waals surface area contributed by atoms with Crippen molar-refractivity contribution in [2.45, 2.75) is 52.4 Å². The van der Waals surface area contributed by atoms with Crippen molar-refractivity contribution in [1.82, 2.24) is 4.90 Å². The minimum Gasteiger partial charge on any atom is -0.467 e. The molecule has 0 aliphatic carbocycles. The van der Waals surface area contributed by atoms with Crippen molar-refractivity contribution in [3.05, 3.63) is 59.7 Å². The molecule has 2 rings (SSSR count). The van der Waals surface area contributed by atoms with Gasteiger partial charge in [0, 0.05) is 26.6 Å². The molecular formula is C25H33NO5. The lowest BCUT2D eigenvalue weighted by Crippen LogP contribution is -2.33. The molecule has 0 aromatic heterocycles. The van der Waals surface area contributed by atoms with E-state index in [2.05, 4.69) is 6.07 Å². The van der Waals surface area contributed by atoms with Crippen LogP contribution in [0.4, 0.5) is 4.79 Å². The predicted molar refractivity (Wildman–Crippen MR) is 121 cm³/mol. The van der Waals surface area contributed by atoms with Gasteiger partial charge in [0.1, 0.15) is 5.60 Å². The Kier molecular flexibility index (Phi) is 8.63. The molecule has 0 radical (unpaired) electrons. The molecule has 0 saturated heterocycles. The molecule has 1 amide bonds. The number of nitrogens with zero attached hydrogens (tertiary/aromatic N) is 1. The molecule has 0 aliphatic heterocycles. The first-order valence-electron chi connectivity index (χ1n) is 10.4. The first kappa shape index (κ1) is 24.4. The van der Waals surface area contributed by atoms with Gasteiger partial charge in [0.2, 0.25) is 0 Å². The Morgan fingerprint density at radius 3 is 2.26 bits per heavy atom. The van der Waals surface area contributed by atoms with E-state index in [-0.39, 0.29) is 12.1 Å². The highest BCUT2D eigenvalue weighted by molar-refractivity contribution is 5.75. The van der Waals surface area contributed by atoms with Gasteiger partial charge in [-0.25, -0.2) is 9.59 Å². The fraction of sp³-hybridized carbons (Fsp3) is 0.440. The summed E-state index contributed by atoms with van der Waals surface area (Å²) in [5.41, 5.74) is 3.59. The second-order valence-corrected chi connectivity index (χ2v) is 8.40. The Labute approximate surface area is 185 Å². The van der Waals surface area contributed by atoms with Crippen molar-refractivity contribution in [2.24, 2.45) is 0 Å². The normalized spacial score (nSPS) is 12.2. The molecule has 1 atom stereocenters. The average Bonchev–Trinajstić information content (AvgIpc) is 2.72. The lowest BCUT2D eigenvalue weighted by molar-refractivity contribution is -0.153. The van der Waals surface area contributed by atoms with Crippen LogP contribution in [0, 0.1) is 0 Å². The van der Waals surface area contributed by atoms with E-state index in [0.29, 0.717) is 19.6 Å². The second kappa shape index (κ2) is 11.0. The maximum atomic E-state index is 12.2. The third kappa shape index (κ3) is 7.72. The molecule has 168 valence electrons. The van der Waals surface area contributed by atoms with Gasteiger partial charge in [-0.1, -0.05) is 42.5 Å². The summed E-state index contributed by atoms with van der Waals surface area (Å²) in [5.74, 6) is -0.368. The number of ether oxygens (including phenoxy) is 3. The summed E-state index contributed by atoms with van der Waals surface area (Å²) in [4.78, 5) is 25.6. The Morgan fingerprint density at radius 1 is 1.00 bits per heavy atom. The van der Waals surface area contributed by atoms with Crippen LogP contribution in [0.2, 0.25) is 0 Å². The second-order valence-electron chi connectivity index (χ2n) is 8.40.